The highest BCUT2D eigenvalue weighted by molar-refractivity contribution is 7.14. The molecule has 1 aromatic carbocycles. The fourth-order valence-corrected chi connectivity index (χ4v) is 3.63. The number of carbonyl (C=O) groups is 2. The number of nitrogens with two attached hydrogens (primary N) is 1. The Kier molecular flexibility index (Phi) is 5.70. The van der Waals surface area contributed by atoms with Gasteiger partial charge in [0, 0.05) is 18.1 Å². The maximum atomic E-state index is 12.3. The van der Waals surface area contributed by atoms with Crippen molar-refractivity contribution in [1.82, 2.24) is 4.90 Å². The highest BCUT2D eigenvalue weighted by Gasteiger charge is 2.24. The van der Waals surface area contributed by atoms with Crippen molar-refractivity contribution < 1.29 is 14.3 Å². The first-order valence-electron chi connectivity index (χ1n) is 7.79. The zero-order valence-corrected chi connectivity index (χ0v) is 15.0. The van der Waals surface area contributed by atoms with Crippen LogP contribution < -0.4 is 11.1 Å². The molecule has 1 saturated heterocycles. The Morgan fingerprint density at radius 3 is 2.80 bits per heavy atom. The molecule has 1 atom stereocenters. The normalized spacial score (nSPS) is 18.0. The van der Waals surface area contributed by atoms with Crippen LogP contribution in [0.2, 0.25) is 5.02 Å². The van der Waals surface area contributed by atoms with Crippen molar-refractivity contribution in [2.75, 3.05) is 31.6 Å². The van der Waals surface area contributed by atoms with E-state index in [2.05, 4.69) is 5.32 Å². The molecule has 2 heterocycles. The molecule has 3 rings (SSSR count). The SMILES string of the molecule is NC(=O)c1ccsc1NC(=O)CN1CCOC(c2ccc(Cl)cc2)C1. The zero-order valence-electron chi connectivity index (χ0n) is 13.4. The molecule has 1 fully saturated rings. The Morgan fingerprint density at radius 2 is 2.08 bits per heavy atom. The summed E-state index contributed by atoms with van der Waals surface area (Å²) < 4.78 is 5.80. The van der Waals surface area contributed by atoms with E-state index in [9.17, 15) is 9.59 Å². The van der Waals surface area contributed by atoms with Crippen LogP contribution in [0, 0.1) is 0 Å². The molecule has 2 aromatic rings. The van der Waals surface area contributed by atoms with Crippen molar-refractivity contribution in [3.8, 4) is 0 Å². The smallest absolute Gasteiger partial charge is 0.251 e. The molecule has 0 radical (unpaired) electrons. The van der Waals surface area contributed by atoms with E-state index in [4.69, 9.17) is 22.1 Å². The van der Waals surface area contributed by atoms with E-state index in [0.717, 1.165) is 5.56 Å². The second-order valence-electron chi connectivity index (χ2n) is 5.72. The van der Waals surface area contributed by atoms with Gasteiger partial charge in [-0.1, -0.05) is 23.7 Å². The number of nitrogens with zero attached hydrogens (tertiary/aromatic N) is 1. The Hall–Kier alpha value is -1.93. The number of anilines is 1. The average molecular weight is 380 g/mol. The van der Waals surface area contributed by atoms with E-state index in [1.165, 1.54) is 11.3 Å². The third-order valence-corrected chi connectivity index (χ3v) is 5.03. The summed E-state index contributed by atoms with van der Waals surface area (Å²) in [6.07, 6.45) is -0.0956. The number of hydrogen-bond donors (Lipinski definition) is 2. The van der Waals surface area contributed by atoms with Gasteiger partial charge in [-0.05, 0) is 29.1 Å². The number of rotatable bonds is 5. The predicted octanol–water partition coefficient (Wildman–Crippen LogP) is 2.51. The summed E-state index contributed by atoms with van der Waals surface area (Å²) in [6.45, 7) is 2.06. The number of primary amides is 1. The second-order valence-corrected chi connectivity index (χ2v) is 7.07. The van der Waals surface area contributed by atoms with E-state index in [-0.39, 0.29) is 18.6 Å². The van der Waals surface area contributed by atoms with Crippen molar-refractivity contribution in [3.63, 3.8) is 0 Å². The molecule has 1 aliphatic rings. The van der Waals surface area contributed by atoms with E-state index in [0.29, 0.717) is 35.3 Å². The van der Waals surface area contributed by atoms with Gasteiger partial charge in [0.05, 0.1) is 24.8 Å². The molecule has 6 nitrogen and oxygen atoms in total. The molecule has 0 bridgehead atoms. The van der Waals surface area contributed by atoms with E-state index < -0.39 is 5.91 Å². The lowest BCUT2D eigenvalue weighted by Gasteiger charge is -2.32. The maximum Gasteiger partial charge on any atom is 0.251 e. The number of hydrogen-bond acceptors (Lipinski definition) is 5. The molecule has 0 saturated carbocycles. The second kappa shape index (κ2) is 7.97. The Morgan fingerprint density at radius 1 is 1.32 bits per heavy atom. The molecule has 0 spiro atoms. The van der Waals surface area contributed by atoms with Crippen LogP contribution in [0.1, 0.15) is 22.0 Å². The lowest BCUT2D eigenvalue weighted by Crippen LogP contribution is -2.42. The van der Waals surface area contributed by atoms with Gasteiger partial charge < -0.3 is 15.8 Å². The number of benzene rings is 1. The topological polar surface area (TPSA) is 84.7 Å². The van der Waals surface area contributed by atoms with Gasteiger partial charge in [0.25, 0.3) is 5.91 Å². The molecular weight excluding hydrogens is 362 g/mol. The summed E-state index contributed by atoms with van der Waals surface area (Å²) in [5.74, 6) is -0.729. The van der Waals surface area contributed by atoms with Gasteiger partial charge in [-0.2, -0.15) is 0 Å². The number of carbonyl (C=O) groups excluding carboxylic acids is 2. The fourth-order valence-electron chi connectivity index (χ4n) is 2.69. The molecule has 1 unspecified atom stereocenters. The minimum Gasteiger partial charge on any atom is -0.371 e. The molecule has 3 N–H and O–H groups in total. The largest absolute Gasteiger partial charge is 0.371 e. The van der Waals surface area contributed by atoms with Crippen LogP contribution in [0.25, 0.3) is 0 Å². The molecule has 8 heteroatoms. The monoisotopic (exact) mass is 379 g/mol. The number of thiophene rings is 1. The summed E-state index contributed by atoms with van der Waals surface area (Å²) >= 11 is 7.19. The van der Waals surface area contributed by atoms with Crippen LogP contribution in [0.5, 0.6) is 0 Å². The number of halogens is 1. The molecule has 1 aromatic heterocycles. The fraction of sp³-hybridized carbons (Fsp3) is 0.294. The van der Waals surface area contributed by atoms with Crippen molar-refractivity contribution in [3.05, 3.63) is 51.9 Å². The van der Waals surface area contributed by atoms with Gasteiger partial charge in [-0.15, -0.1) is 11.3 Å². The van der Waals surface area contributed by atoms with Gasteiger partial charge in [0.1, 0.15) is 5.00 Å². The van der Waals surface area contributed by atoms with Crippen molar-refractivity contribution >= 4 is 39.8 Å². The van der Waals surface area contributed by atoms with Crippen molar-refractivity contribution in [2.24, 2.45) is 5.73 Å². The van der Waals surface area contributed by atoms with Crippen LogP contribution in [0.3, 0.4) is 0 Å². The predicted molar refractivity (Wildman–Crippen MR) is 98.1 cm³/mol. The Balaban J connectivity index is 1.58. The van der Waals surface area contributed by atoms with Crippen molar-refractivity contribution in [1.29, 1.82) is 0 Å². The first-order chi connectivity index (χ1) is 12.0. The highest BCUT2D eigenvalue weighted by atomic mass is 35.5. The summed E-state index contributed by atoms with van der Waals surface area (Å²) in [5.41, 5.74) is 6.66. The lowest BCUT2D eigenvalue weighted by molar-refractivity contribution is -0.119. The number of nitrogens with one attached hydrogen (secondary N) is 1. The van der Waals surface area contributed by atoms with Gasteiger partial charge >= 0.3 is 0 Å². The van der Waals surface area contributed by atoms with Gasteiger partial charge in [0.15, 0.2) is 0 Å². The van der Waals surface area contributed by atoms with Crippen LogP contribution in [0.4, 0.5) is 5.00 Å². The minimum absolute atomic E-state index is 0.0956. The summed E-state index contributed by atoms with van der Waals surface area (Å²) in [6, 6.07) is 9.12. The van der Waals surface area contributed by atoms with Crippen LogP contribution in [0.15, 0.2) is 35.7 Å². The minimum atomic E-state index is -0.550. The van der Waals surface area contributed by atoms with Crippen LogP contribution in [-0.4, -0.2) is 43.0 Å². The quantitative estimate of drug-likeness (QED) is 0.835. The third kappa shape index (κ3) is 4.58. The van der Waals surface area contributed by atoms with Crippen LogP contribution in [-0.2, 0) is 9.53 Å². The van der Waals surface area contributed by atoms with E-state index in [1.807, 2.05) is 29.2 Å². The lowest BCUT2D eigenvalue weighted by atomic mass is 10.1. The standard InChI is InChI=1S/C17H18ClN3O3S/c18-12-3-1-11(2-4-12)14-9-21(6-7-24-14)10-15(22)20-17-13(16(19)23)5-8-25-17/h1-5,8,14H,6-7,9-10H2,(H2,19,23)(H,20,22). The van der Waals surface area contributed by atoms with Crippen LogP contribution >= 0.6 is 22.9 Å². The maximum absolute atomic E-state index is 12.3. The number of amides is 2. The van der Waals surface area contributed by atoms with E-state index in [1.54, 1.807) is 11.4 Å². The average Bonchev–Trinajstić information content (AvgIpc) is 3.04. The Bertz CT molecular complexity index is 763. The molecule has 2 amide bonds. The zero-order chi connectivity index (χ0) is 17.8. The molecule has 0 aliphatic carbocycles. The number of morpholine rings is 1. The first-order valence-corrected chi connectivity index (χ1v) is 9.05. The van der Waals surface area contributed by atoms with Gasteiger partial charge in [-0.25, -0.2) is 0 Å². The third-order valence-electron chi connectivity index (χ3n) is 3.94. The van der Waals surface area contributed by atoms with Gasteiger partial charge in [0.2, 0.25) is 5.91 Å². The molecular formula is C17H18ClN3O3S. The summed E-state index contributed by atoms with van der Waals surface area (Å²) in [5, 5.41) is 5.65. The Labute approximate surface area is 154 Å². The summed E-state index contributed by atoms with van der Waals surface area (Å²) in [7, 11) is 0. The first kappa shape index (κ1) is 17.9. The molecule has 1 aliphatic heterocycles. The molecule has 132 valence electrons. The molecule has 25 heavy (non-hydrogen) atoms. The van der Waals surface area contributed by atoms with Crippen molar-refractivity contribution in [2.45, 2.75) is 6.10 Å². The van der Waals surface area contributed by atoms with E-state index >= 15 is 0 Å². The number of ether oxygens (including phenoxy) is 1. The summed E-state index contributed by atoms with van der Waals surface area (Å²) in [4.78, 5) is 25.6. The van der Waals surface area contributed by atoms with Gasteiger partial charge in [-0.3, -0.25) is 14.5 Å². The highest BCUT2D eigenvalue weighted by Crippen LogP contribution is 2.25.